The topological polar surface area (TPSA) is 36.9 Å². The van der Waals surface area contributed by atoms with Crippen molar-refractivity contribution in [1.82, 2.24) is 0 Å². The van der Waals surface area contributed by atoms with E-state index in [1.165, 1.54) is 16.7 Å². The third-order valence-corrected chi connectivity index (χ3v) is 7.83. The Hall–Kier alpha value is -0.670. The van der Waals surface area contributed by atoms with E-state index in [0.29, 0.717) is 12.8 Å². The minimum absolute atomic E-state index is 0.369. The molecule has 5 heteroatoms. The first-order chi connectivity index (χ1) is 11.0. The molecule has 4 nitrogen and oxygen atoms in total. The van der Waals surface area contributed by atoms with Gasteiger partial charge in [-0.1, -0.05) is 17.7 Å². The summed E-state index contributed by atoms with van der Waals surface area (Å²) in [5, 5.41) is -0.738. The van der Waals surface area contributed by atoms with Gasteiger partial charge in [-0.3, -0.25) is 0 Å². The molecule has 1 aromatic rings. The van der Waals surface area contributed by atoms with Crippen molar-refractivity contribution < 1.29 is 18.7 Å². The molecule has 4 heterocycles. The summed E-state index contributed by atoms with van der Waals surface area (Å²) in [4.78, 5) is 0. The van der Waals surface area contributed by atoms with Crippen LogP contribution in [0.4, 0.5) is 0 Å². The van der Waals surface area contributed by atoms with E-state index in [1.54, 1.807) is 0 Å². The molecule has 0 saturated carbocycles. The van der Waals surface area contributed by atoms with Crippen LogP contribution in [0.1, 0.15) is 57.2 Å². The van der Waals surface area contributed by atoms with Gasteiger partial charge < -0.3 is 18.7 Å². The first-order valence-electron chi connectivity index (χ1n) is 8.63. The van der Waals surface area contributed by atoms with Crippen molar-refractivity contribution in [2.24, 2.45) is 0 Å². The van der Waals surface area contributed by atoms with Crippen LogP contribution in [0.2, 0.25) is 0 Å². The molecule has 1 aromatic carbocycles. The lowest BCUT2D eigenvalue weighted by atomic mass is 9.98. The fourth-order valence-electron chi connectivity index (χ4n) is 5.16. The van der Waals surface area contributed by atoms with E-state index < -0.39 is 19.7 Å². The van der Waals surface area contributed by atoms with E-state index in [1.807, 2.05) is 13.8 Å². The van der Waals surface area contributed by atoms with Crippen LogP contribution in [0.15, 0.2) is 12.1 Å². The first-order valence-corrected chi connectivity index (χ1v) is 9.89. The summed E-state index contributed by atoms with van der Waals surface area (Å²) in [7, 11) is -0.976. The maximum absolute atomic E-state index is 6.66. The van der Waals surface area contributed by atoms with E-state index >= 15 is 0 Å². The molecule has 4 saturated heterocycles. The lowest BCUT2D eigenvalue weighted by molar-refractivity contribution is -0.469. The summed E-state index contributed by atoms with van der Waals surface area (Å²) in [5.74, 6) is -0.201. The van der Waals surface area contributed by atoms with Crippen LogP contribution in [0.25, 0.3) is 0 Å². The molecule has 0 aromatic heterocycles. The summed E-state index contributed by atoms with van der Waals surface area (Å²) < 4.78 is 25.6. The highest BCUT2D eigenvalue weighted by molar-refractivity contribution is 7.56. The van der Waals surface area contributed by atoms with Gasteiger partial charge in [0, 0.05) is 12.8 Å². The molecule has 4 bridgehead atoms. The first kappa shape index (κ1) is 16.8. The molecule has 0 aliphatic carbocycles. The van der Waals surface area contributed by atoms with Gasteiger partial charge in [0.2, 0.25) is 0 Å². The number of ether oxygens (including phenoxy) is 3. The number of hydrogen-bond acceptors (Lipinski definition) is 4. The molecular formula is C19H27O4P. The Morgan fingerprint density at radius 2 is 1.29 bits per heavy atom. The van der Waals surface area contributed by atoms with Crippen molar-refractivity contribution in [1.29, 1.82) is 0 Å². The van der Waals surface area contributed by atoms with Gasteiger partial charge in [0.15, 0.2) is 19.7 Å². The van der Waals surface area contributed by atoms with Crippen LogP contribution in [-0.4, -0.2) is 22.3 Å². The van der Waals surface area contributed by atoms with Gasteiger partial charge in [0.05, 0.1) is 0 Å². The van der Waals surface area contributed by atoms with E-state index in [0.717, 1.165) is 5.75 Å². The van der Waals surface area contributed by atoms with E-state index in [2.05, 4.69) is 46.8 Å². The number of rotatable bonds is 2. The molecule has 132 valence electrons. The second-order valence-corrected chi connectivity index (χ2v) is 11.1. The van der Waals surface area contributed by atoms with Gasteiger partial charge in [0.1, 0.15) is 16.4 Å². The molecule has 5 rings (SSSR count). The zero-order valence-electron chi connectivity index (χ0n) is 15.6. The second-order valence-electron chi connectivity index (χ2n) is 8.39. The Bertz CT molecular complexity index is 648. The van der Waals surface area contributed by atoms with E-state index in [9.17, 15) is 0 Å². The number of benzene rings is 1. The SMILES string of the molecule is Cc1cc(C)c(OP2[C@]3(C)C[C@@]4(C)O[C@](C)(C[C@]2(C)O4)O3)c(C)c1. The number of hydrogen-bond donors (Lipinski definition) is 0. The molecule has 0 N–H and O–H groups in total. The summed E-state index contributed by atoms with van der Waals surface area (Å²) in [5.41, 5.74) is 3.60. The molecule has 4 atom stereocenters. The van der Waals surface area contributed by atoms with Gasteiger partial charge in [-0.2, -0.15) is 0 Å². The maximum atomic E-state index is 6.66. The maximum Gasteiger partial charge on any atom is 0.173 e. The monoisotopic (exact) mass is 350 g/mol. The molecule has 4 aliphatic heterocycles. The summed E-state index contributed by atoms with van der Waals surface area (Å²) in [6.07, 6.45) is 1.39. The Morgan fingerprint density at radius 1 is 0.833 bits per heavy atom. The fourth-order valence-corrected chi connectivity index (χ4v) is 8.43. The van der Waals surface area contributed by atoms with Crippen LogP contribution >= 0.6 is 8.15 Å². The van der Waals surface area contributed by atoms with Gasteiger partial charge in [0.25, 0.3) is 0 Å². The lowest BCUT2D eigenvalue weighted by Gasteiger charge is -2.68. The average molecular weight is 350 g/mol. The minimum atomic E-state index is -0.976. The zero-order chi connectivity index (χ0) is 17.5. The van der Waals surface area contributed by atoms with Crippen LogP contribution in [-0.2, 0) is 14.2 Å². The molecular weight excluding hydrogens is 323 g/mol. The van der Waals surface area contributed by atoms with Crippen molar-refractivity contribution in [2.45, 2.75) is 83.6 Å². The normalized spacial score (nSPS) is 46.4. The predicted octanol–water partition coefficient (Wildman–Crippen LogP) is 5.12. The molecule has 0 unspecified atom stereocenters. The average Bonchev–Trinajstić information content (AvgIpc) is 2.30. The lowest BCUT2D eigenvalue weighted by Crippen LogP contribution is -2.71. The van der Waals surface area contributed by atoms with Crippen molar-refractivity contribution in [3.8, 4) is 5.75 Å². The highest BCUT2D eigenvalue weighted by Crippen LogP contribution is 2.76. The quantitative estimate of drug-likeness (QED) is 0.694. The zero-order valence-corrected chi connectivity index (χ0v) is 16.5. The van der Waals surface area contributed by atoms with Crippen LogP contribution < -0.4 is 4.52 Å². The molecule has 4 fully saturated rings. The Morgan fingerprint density at radius 3 is 1.75 bits per heavy atom. The van der Waals surface area contributed by atoms with Crippen molar-refractivity contribution in [2.75, 3.05) is 0 Å². The van der Waals surface area contributed by atoms with Gasteiger partial charge in [-0.15, -0.1) is 0 Å². The summed E-state index contributed by atoms with van der Waals surface area (Å²) in [6.45, 7) is 14.7. The minimum Gasteiger partial charge on any atom is -0.468 e. The second kappa shape index (κ2) is 4.73. The van der Waals surface area contributed by atoms with Crippen molar-refractivity contribution >= 4 is 8.15 Å². The largest absolute Gasteiger partial charge is 0.468 e. The fraction of sp³-hybridized carbons (Fsp3) is 0.684. The third-order valence-electron chi connectivity index (χ3n) is 5.25. The van der Waals surface area contributed by atoms with Crippen LogP contribution in [0, 0.1) is 20.8 Å². The highest BCUT2D eigenvalue weighted by Gasteiger charge is 2.73. The Labute approximate surface area is 145 Å². The van der Waals surface area contributed by atoms with E-state index in [-0.39, 0.29) is 10.7 Å². The van der Waals surface area contributed by atoms with Gasteiger partial charge in [-0.05, 0) is 59.6 Å². The van der Waals surface area contributed by atoms with Crippen molar-refractivity contribution in [3.05, 3.63) is 28.8 Å². The summed E-state index contributed by atoms with van der Waals surface area (Å²) in [6, 6.07) is 4.35. The molecule has 0 spiro atoms. The van der Waals surface area contributed by atoms with Gasteiger partial charge in [-0.25, -0.2) is 0 Å². The van der Waals surface area contributed by atoms with Gasteiger partial charge >= 0.3 is 0 Å². The number of aryl methyl sites for hydroxylation is 3. The third kappa shape index (κ3) is 2.34. The standard InChI is InChI=1S/C19H27O4P/c1-12-8-13(2)15(14(3)9-12)20-24-18(6)10-16(4)21-17(5,23-18)11-19(24,7)22-16/h8-9H,10-11H2,1-7H3/t16-,17-,18+,19+/m0/s1. The molecule has 0 radical (unpaired) electrons. The Kier molecular flexibility index (Phi) is 3.31. The smallest absolute Gasteiger partial charge is 0.173 e. The summed E-state index contributed by atoms with van der Waals surface area (Å²) >= 11 is 0. The molecule has 0 amide bonds. The molecule has 24 heavy (non-hydrogen) atoms. The predicted molar refractivity (Wildman–Crippen MR) is 94.3 cm³/mol. The van der Waals surface area contributed by atoms with E-state index in [4.69, 9.17) is 18.7 Å². The molecule has 4 aliphatic rings. The van der Waals surface area contributed by atoms with Crippen LogP contribution in [0.5, 0.6) is 5.75 Å². The van der Waals surface area contributed by atoms with Crippen LogP contribution in [0.3, 0.4) is 0 Å². The highest BCUT2D eigenvalue weighted by atomic mass is 31.1. The Balaban J connectivity index is 1.75. The van der Waals surface area contributed by atoms with Crippen molar-refractivity contribution in [3.63, 3.8) is 0 Å².